The molecule has 0 unspecified atom stereocenters. The van der Waals surface area contributed by atoms with Gasteiger partial charge >= 0.3 is 0 Å². The van der Waals surface area contributed by atoms with Crippen LogP contribution in [-0.2, 0) is 17.8 Å². The molecule has 0 saturated carbocycles. The summed E-state index contributed by atoms with van der Waals surface area (Å²) in [6.07, 6.45) is 3.62. The van der Waals surface area contributed by atoms with Crippen molar-refractivity contribution < 1.29 is 9.18 Å². The average Bonchev–Trinajstić information content (AvgIpc) is 2.72. The maximum Gasteiger partial charge on any atom is 0.261 e. The second-order valence-corrected chi connectivity index (χ2v) is 7.35. The molecule has 2 aromatic carbocycles. The molecule has 0 atom stereocenters. The van der Waals surface area contributed by atoms with E-state index < -0.39 is 0 Å². The number of hydrogen-bond donors (Lipinski definition) is 0. The van der Waals surface area contributed by atoms with Crippen LogP contribution in [0.3, 0.4) is 0 Å². The van der Waals surface area contributed by atoms with Crippen LogP contribution in [0.15, 0.2) is 59.7 Å². The number of piperidine rings is 1. The lowest BCUT2D eigenvalue weighted by atomic mass is 9.96. The Bertz CT molecular complexity index is 1040. The highest BCUT2D eigenvalue weighted by Crippen LogP contribution is 2.20. The van der Waals surface area contributed by atoms with E-state index in [-0.39, 0.29) is 17.3 Å². The predicted molar refractivity (Wildman–Crippen MR) is 105 cm³/mol. The summed E-state index contributed by atoms with van der Waals surface area (Å²) in [6.45, 7) is 1.98. The number of rotatable bonds is 4. The fourth-order valence-corrected chi connectivity index (χ4v) is 3.77. The largest absolute Gasteiger partial charge is 0.342 e. The van der Waals surface area contributed by atoms with Crippen LogP contribution in [0.2, 0.25) is 0 Å². The molecule has 28 heavy (non-hydrogen) atoms. The second-order valence-electron chi connectivity index (χ2n) is 7.35. The van der Waals surface area contributed by atoms with Crippen LogP contribution < -0.4 is 5.56 Å². The van der Waals surface area contributed by atoms with E-state index in [1.54, 1.807) is 29.1 Å². The molecule has 3 aromatic rings. The number of amides is 1. The van der Waals surface area contributed by atoms with Crippen molar-refractivity contribution in [2.24, 2.45) is 5.92 Å². The zero-order valence-corrected chi connectivity index (χ0v) is 15.6. The van der Waals surface area contributed by atoms with Crippen molar-refractivity contribution in [1.29, 1.82) is 0 Å². The Hall–Kier alpha value is -3.02. The zero-order valence-electron chi connectivity index (χ0n) is 15.6. The van der Waals surface area contributed by atoms with E-state index >= 15 is 0 Å². The minimum absolute atomic E-state index is 0.0135. The van der Waals surface area contributed by atoms with Gasteiger partial charge in [-0.25, -0.2) is 9.37 Å². The van der Waals surface area contributed by atoms with Crippen LogP contribution in [0.25, 0.3) is 10.9 Å². The maximum absolute atomic E-state index is 13.0. The molecule has 0 bridgehead atoms. The quantitative estimate of drug-likeness (QED) is 0.700. The van der Waals surface area contributed by atoms with Crippen LogP contribution in [0.4, 0.5) is 4.39 Å². The van der Waals surface area contributed by atoms with Crippen LogP contribution in [0, 0.1) is 11.7 Å². The first-order valence-electron chi connectivity index (χ1n) is 9.56. The third-order valence-electron chi connectivity index (χ3n) is 5.42. The number of hydrogen-bond acceptors (Lipinski definition) is 3. The van der Waals surface area contributed by atoms with Gasteiger partial charge in [0.25, 0.3) is 5.56 Å². The van der Waals surface area contributed by atoms with E-state index in [0.717, 1.165) is 18.4 Å². The molecule has 1 aliphatic rings. The lowest BCUT2D eigenvalue weighted by Gasteiger charge is -2.32. The number of carbonyl (C=O) groups excluding carboxylic acids is 1. The molecule has 1 fully saturated rings. The van der Waals surface area contributed by atoms with Gasteiger partial charge < -0.3 is 4.90 Å². The van der Waals surface area contributed by atoms with Gasteiger partial charge in [-0.05, 0) is 48.6 Å². The number of benzene rings is 2. The molecule has 0 spiro atoms. The molecule has 0 radical (unpaired) electrons. The maximum atomic E-state index is 13.0. The van der Waals surface area contributed by atoms with Gasteiger partial charge in [-0.2, -0.15) is 0 Å². The van der Waals surface area contributed by atoms with Gasteiger partial charge in [-0.3, -0.25) is 14.2 Å². The number of fused-ring (bicyclic) bond motifs is 1. The summed E-state index contributed by atoms with van der Waals surface area (Å²) in [5.74, 6) is 0.112. The molecular formula is C22H22FN3O2. The Morgan fingerprint density at radius 3 is 2.54 bits per heavy atom. The summed E-state index contributed by atoms with van der Waals surface area (Å²) < 4.78 is 14.7. The molecule has 2 heterocycles. The normalized spacial score (nSPS) is 15.1. The van der Waals surface area contributed by atoms with Gasteiger partial charge in [0.2, 0.25) is 5.91 Å². The minimum Gasteiger partial charge on any atom is -0.342 e. The topological polar surface area (TPSA) is 55.2 Å². The zero-order chi connectivity index (χ0) is 19.5. The van der Waals surface area contributed by atoms with Crippen molar-refractivity contribution in [3.8, 4) is 0 Å². The van der Waals surface area contributed by atoms with Crippen molar-refractivity contribution in [2.45, 2.75) is 25.8 Å². The molecule has 0 aliphatic carbocycles. The fourth-order valence-electron chi connectivity index (χ4n) is 3.77. The molecule has 144 valence electrons. The highest BCUT2D eigenvalue weighted by Gasteiger charge is 2.23. The summed E-state index contributed by atoms with van der Waals surface area (Å²) in [5.41, 5.74) is 1.52. The SMILES string of the molecule is O=C(Cc1ccc(F)cc1)N1CCC(Cn2cnc3ccccc3c2=O)CC1. The van der Waals surface area contributed by atoms with Gasteiger partial charge in [0.15, 0.2) is 0 Å². The Morgan fingerprint density at radius 2 is 1.79 bits per heavy atom. The summed E-state index contributed by atoms with van der Waals surface area (Å²) in [4.78, 5) is 31.4. The van der Waals surface area contributed by atoms with Crippen LogP contribution in [0.5, 0.6) is 0 Å². The lowest BCUT2D eigenvalue weighted by molar-refractivity contribution is -0.131. The van der Waals surface area contributed by atoms with Gasteiger partial charge in [0.05, 0.1) is 23.7 Å². The van der Waals surface area contributed by atoms with Crippen molar-refractivity contribution in [3.63, 3.8) is 0 Å². The van der Waals surface area contributed by atoms with Crippen molar-refractivity contribution in [3.05, 3.63) is 76.6 Å². The van der Waals surface area contributed by atoms with E-state index in [1.165, 1.54) is 12.1 Å². The Kier molecular flexibility index (Phi) is 5.19. The van der Waals surface area contributed by atoms with Crippen molar-refractivity contribution in [1.82, 2.24) is 14.5 Å². The molecule has 5 nitrogen and oxygen atoms in total. The van der Waals surface area contributed by atoms with E-state index in [9.17, 15) is 14.0 Å². The highest BCUT2D eigenvalue weighted by molar-refractivity contribution is 5.79. The highest BCUT2D eigenvalue weighted by atomic mass is 19.1. The number of nitrogens with zero attached hydrogens (tertiary/aromatic N) is 3. The van der Waals surface area contributed by atoms with Crippen molar-refractivity contribution >= 4 is 16.8 Å². The third-order valence-corrected chi connectivity index (χ3v) is 5.42. The molecule has 1 amide bonds. The Morgan fingerprint density at radius 1 is 1.07 bits per heavy atom. The molecular weight excluding hydrogens is 357 g/mol. The van der Waals surface area contributed by atoms with Crippen LogP contribution in [0.1, 0.15) is 18.4 Å². The van der Waals surface area contributed by atoms with Gasteiger partial charge in [0.1, 0.15) is 5.82 Å². The van der Waals surface area contributed by atoms with Gasteiger partial charge in [-0.15, -0.1) is 0 Å². The number of para-hydroxylation sites is 1. The smallest absolute Gasteiger partial charge is 0.261 e. The first-order chi connectivity index (χ1) is 13.6. The monoisotopic (exact) mass is 379 g/mol. The molecule has 0 N–H and O–H groups in total. The van der Waals surface area contributed by atoms with Crippen molar-refractivity contribution in [2.75, 3.05) is 13.1 Å². The van der Waals surface area contributed by atoms with E-state index in [2.05, 4.69) is 4.98 Å². The number of likely N-dealkylation sites (tertiary alicyclic amines) is 1. The number of halogens is 1. The standard InChI is InChI=1S/C22H22FN3O2/c23-18-7-5-16(6-8-18)13-21(27)25-11-9-17(10-12-25)14-26-15-24-20-4-2-1-3-19(20)22(26)28/h1-8,15,17H,9-14H2. The van der Waals surface area contributed by atoms with E-state index in [1.807, 2.05) is 23.1 Å². The van der Waals surface area contributed by atoms with Crippen LogP contribution in [-0.4, -0.2) is 33.4 Å². The fraction of sp³-hybridized carbons (Fsp3) is 0.318. The first-order valence-corrected chi connectivity index (χ1v) is 9.56. The summed E-state index contributed by atoms with van der Waals surface area (Å²) in [6, 6.07) is 13.4. The second kappa shape index (κ2) is 7.92. The Labute approximate surface area is 162 Å². The molecule has 6 heteroatoms. The third kappa shape index (κ3) is 3.96. The summed E-state index contributed by atoms with van der Waals surface area (Å²) >= 11 is 0. The molecule has 4 rings (SSSR count). The first kappa shape index (κ1) is 18.3. The molecule has 1 aromatic heterocycles. The Balaban J connectivity index is 1.35. The lowest BCUT2D eigenvalue weighted by Crippen LogP contribution is -2.40. The minimum atomic E-state index is -0.296. The summed E-state index contributed by atoms with van der Waals surface area (Å²) in [5, 5.41) is 0.636. The summed E-state index contributed by atoms with van der Waals surface area (Å²) in [7, 11) is 0. The predicted octanol–water partition coefficient (Wildman–Crippen LogP) is 3.02. The average molecular weight is 379 g/mol. The van der Waals surface area contributed by atoms with E-state index in [0.29, 0.717) is 42.9 Å². The van der Waals surface area contributed by atoms with E-state index in [4.69, 9.17) is 0 Å². The van der Waals surface area contributed by atoms with Gasteiger partial charge in [0, 0.05) is 19.6 Å². The van der Waals surface area contributed by atoms with Gasteiger partial charge in [-0.1, -0.05) is 24.3 Å². The molecule has 1 saturated heterocycles. The van der Waals surface area contributed by atoms with Crippen LogP contribution >= 0.6 is 0 Å². The molecule has 1 aliphatic heterocycles. The number of carbonyl (C=O) groups is 1. The number of aromatic nitrogens is 2.